The molecule has 0 radical (unpaired) electrons. The molecule has 1 aliphatic carbocycles. The molecule has 0 fully saturated rings. The molecule has 0 aliphatic heterocycles. The lowest BCUT2D eigenvalue weighted by Crippen LogP contribution is -2.02. The standard InChI is InChI=1S/C10H9FO/c11-9-3-1-8-6-10(12)4-2-7(8)5-9/h1,3-5,12H,2,6H2. The van der Waals surface area contributed by atoms with Gasteiger partial charge in [-0.2, -0.15) is 0 Å². The summed E-state index contributed by atoms with van der Waals surface area (Å²) in [6.07, 6.45) is 2.90. The van der Waals surface area contributed by atoms with Crippen LogP contribution in [0.1, 0.15) is 11.1 Å². The highest BCUT2D eigenvalue weighted by molar-refractivity contribution is 5.35. The lowest BCUT2D eigenvalue weighted by molar-refractivity contribution is 0.393. The normalized spacial score (nSPS) is 15.2. The number of allylic oxidation sites excluding steroid dienone is 2. The van der Waals surface area contributed by atoms with E-state index in [4.69, 9.17) is 0 Å². The van der Waals surface area contributed by atoms with E-state index >= 15 is 0 Å². The Hall–Kier alpha value is -1.31. The van der Waals surface area contributed by atoms with Gasteiger partial charge in [0.1, 0.15) is 5.82 Å². The molecule has 1 aromatic carbocycles. The largest absolute Gasteiger partial charge is 0.512 e. The molecule has 0 unspecified atom stereocenters. The van der Waals surface area contributed by atoms with E-state index in [1.165, 1.54) is 12.1 Å². The number of aliphatic hydroxyl groups is 1. The van der Waals surface area contributed by atoms with E-state index in [1.807, 2.05) is 0 Å². The third-order valence-corrected chi connectivity index (χ3v) is 2.10. The number of benzene rings is 1. The Balaban J connectivity index is 2.43. The van der Waals surface area contributed by atoms with E-state index in [1.54, 1.807) is 12.1 Å². The Morgan fingerprint density at radius 1 is 1.25 bits per heavy atom. The van der Waals surface area contributed by atoms with Gasteiger partial charge in [0.05, 0.1) is 5.76 Å². The molecular formula is C10H9FO. The van der Waals surface area contributed by atoms with Crippen LogP contribution in [0.25, 0.3) is 0 Å². The zero-order valence-corrected chi connectivity index (χ0v) is 6.55. The third-order valence-electron chi connectivity index (χ3n) is 2.10. The van der Waals surface area contributed by atoms with Gasteiger partial charge in [0.2, 0.25) is 0 Å². The monoisotopic (exact) mass is 164 g/mol. The zero-order chi connectivity index (χ0) is 8.55. The summed E-state index contributed by atoms with van der Waals surface area (Å²) in [6.45, 7) is 0. The Morgan fingerprint density at radius 2 is 2.08 bits per heavy atom. The minimum atomic E-state index is -0.205. The first kappa shape index (κ1) is 7.35. The van der Waals surface area contributed by atoms with Crippen molar-refractivity contribution in [3.63, 3.8) is 0 Å². The van der Waals surface area contributed by atoms with Crippen LogP contribution >= 0.6 is 0 Å². The van der Waals surface area contributed by atoms with Crippen molar-refractivity contribution in [3.8, 4) is 0 Å². The van der Waals surface area contributed by atoms with Crippen LogP contribution in [-0.4, -0.2) is 5.11 Å². The molecule has 0 saturated heterocycles. The minimum Gasteiger partial charge on any atom is -0.512 e. The molecule has 0 aromatic heterocycles. The van der Waals surface area contributed by atoms with Crippen molar-refractivity contribution in [1.29, 1.82) is 0 Å². The number of hydrogen-bond acceptors (Lipinski definition) is 1. The maximum atomic E-state index is 12.7. The van der Waals surface area contributed by atoms with Crippen molar-refractivity contribution >= 4 is 0 Å². The first-order valence-corrected chi connectivity index (χ1v) is 3.91. The molecule has 0 atom stereocenters. The van der Waals surface area contributed by atoms with Gasteiger partial charge in [-0.25, -0.2) is 4.39 Å². The minimum absolute atomic E-state index is 0.205. The van der Waals surface area contributed by atoms with Crippen LogP contribution < -0.4 is 0 Å². The summed E-state index contributed by atoms with van der Waals surface area (Å²) in [5, 5.41) is 9.19. The first-order chi connectivity index (χ1) is 5.75. The van der Waals surface area contributed by atoms with E-state index in [2.05, 4.69) is 0 Å². The van der Waals surface area contributed by atoms with Gasteiger partial charge in [-0.05, 0) is 35.8 Å². The van der Waals surface area contributed by atoms with Gasteiger partial charge in [-0.15, -0.1) is 0 Å². The average Bonchev–Trinajstić information content (AvgIpc) is 2.05. The summed E-state index contributed by atoms with van der Waals surface area (Å²) in [4.78, 5) is 0. The third kappa shape index (κ3) is 1.20. The molecule has 2 rings (SSSR count). The summed E-state index contributed by atoms with van der Waals surface area (Å²) >= 11 is 0. The van der Waals surface area contributed by atoms with E-state index in [9.17, 15) is 9.50 Å². The van der Waals surface area contributed by atoms with Crippen molar-refractivity contribution in [1.82, 2.24) is 0 Å². The second kappa shape index (κ2) is 2.63. The molecule has 1 N–H and O–H groups in total. The van der Waals surface area contributed by atoms with Crippen molar-refractivity contribution in [2.45, 2.75) is 12.8 Å². The molecule has 0 saturated carbocycles. The Morgan fingerprint density at radius 3 is 2.92 bits per heavy atom. The summed E-state index contributed by atoms with van der Waals surface area (Å²) in [7, 11) is 0. The molecule has 2 heteroatoms. The lowest BCUT2D eigenvalue weighted by atomic mass is 9.96. The van der Waals surface area contributed by atoms with E-state index in [0.717, 1.165) is 11.1 Å². The quantitative estimate of drug-likeness (QED) is 0.624. The van der Waals surface area contributed by atoms with Crippen molar-refractivity contribution in [2.24, 2.45) is 0 Å². The van der Waals surface area contributed by atoms with Gasteiger partial charge >= 0.3 is 0 Å². The number of hydrogen-bond donors (Lipinski definition) is 1. The molecule has 62 valence electrons. The van der Waals surface area contributed by atoms with E-state index in [-0.39, 0.29) is 5.82 Å². The fraction of sp³-hybridized carbons (Fsp3) is 0.200. The number of halogens is 1. The van der Waals surface area contributed by atoms with Crippen LogP contribution in [-0.2, 0) is 12.8 Å². The average molecular weight is 164 g/mol. The fourth-order valence-corrected chi connectivity index (χ4v) is 1.45. The van der Waals surface area contributed by atoms with E-state index in [0.29, 0.717) is 18.6 Å². The summed E-state index contributed by atoms with van der Waals surface area (Å²) in [5.41, 5.74) is 2.00. The molecule has 12 heavy (non-hydrogen) atoms. The highest BCUT2D eigenvalue weighted by Gasteiger charge is 2.09. The SMILES string of the molecule is OC1=CCc2cc(F)ccc2C1. The first-order valence-electron chi connectivity index (χ1n) is 3.91. The topological polar surface area (TPSA) is 20.2 Å². The van der Waals surface area contributed by atoms with Crippen LogP contribution in [0.5, 0.6) is 0 Å². The second-order valence-corrected chi connectivity index (χ2v) is 2.99. The van der Waals surface area contributed by atoms with Gasteiger partial charge in [0.15, 0.2) is 0 Å². The molecule has 1 nitrogen and oxygen atoms in total. The van der Waals surface area contributed by atoms with Crippen molar-refractivity contribution in [3.05, 3.63) is 47.0 Å². The van der Waals surface area contributed by atoms with Crippen LogP contribution in [0, 0.1) is 5.82 Å². The van der Waals surface area contributed by atoms with Crippen LogP contribution in [0.4, 0.5) is 4.39 Å². The van der Waals surface area contributed by atoms with Crippen molar-refractivity contribution in [2.75, 3.05) is 0 Å². The highest BCUT2D eigenvalue weighted by atomic mass is 19.1. The predicted octanol–water partition coefficient (Wildman–Crippen LogP) is 2.37. The second-order valence-electron chi connectivity index (χ2n) is 2.99. The summed E-state index contributed by atoms with van der Waals surface area (Å²) in [6, 6.07) is 4.68. The van der Waals surface area contributed by atoms with Crippen molar-refractivity contribution < 1.29 is 9.50 Å². The van der Waals surface area contributed by atoms with Crippen LogP contribution in [0.2, 0.25) is 0 Å². The molecule has 0 spiro atoms. The van der Waals surface area contributed by atoms with E-state index < -0.39 is 0 Å². The maximum Gasteiger partial charge on any atom is 0.123 e. The predicted molar refractivity (Wildman–Crippen MR) is 44.5 cm³/mol. The molecule has 0 amide bonds. The highest BCUT2D eigenvalue weighted by Crippen LogP contribution is 2.20. The Kier molecular flexibility index (Phi) is 1.61. The lowest BCUT2D eigenvalue weighted by Gasteiger charge is -2.12. The molecule has 1 aliphatic rings. The molecular weight excluding hydrogens is 155 g/mol. The van der Waals surface area contributed by atoms with Gasteiger partial charge in [0.25, 0.3) is 0 Å². The zero-order valence-electron chi connectivity index (χ0n) is 6.55. The van der Waals surface area contributed by atoms with Gasteiger partial charge in [-0.3, -0.25) is 0 Å². The van der Waals surface area contributed by atoms with Crippen LogP contribution in [0.15, 0.2) is 30.0 Å². The molecule has 0 heterocycles. The summed E-state index contributed by atoms with van der Waals surface area (Å²) in [5.74, 6) is 0.178. The molecule has 1 aromatic rings. The van der Waals surface area contributed by atoms with Gasteiger partial charge in [0, 0.05) is 6.42 Å². The fourth-order valence-electron chi connectivity index (χ4n) is 1.45. The number of rotatable bonds is 0. The van der Waals surface area contributed by atoms with Gasteiger partial charge in [-0.1, -0.05) is 6.07 Å². The number of aliphatic hydroxyl groups excluding tert-OH is 1. The van der Waals surface area contributed by atoms with Gasteiger partial charge < -0.3 is 5.11 Å². The maximum absolute atomic E-state index is 12.7. The Bertz CT molecular complexity index is 342. The summed E-state index contributed by atoms with van der Waals surface area (Å²) < 4.78 is 12.7. The Labute approximate surface area is 70.2 Å². The number of fused-ring (bicyclic) bond motifs is 1. The van der Waals surface area contributed by atoms with Crippen LogP contribution in [0.3, 0.4) is 0 Å². The molecule has 0 bridgehead atoms. The smallest absolute Gasteiger partial charge is 0.123 e.